The molecular formula is C13H19N3S. The van der Waals surface area contributed by atoms with E-state index in [-0.39, 0.29) is 6.04 Å². The number of rotatable bonds is 5. The topological polar surface area (TPSA) is 29.9 Å². The monoisotopic (exact) mass is 249 g/mol. The summed E-state index contributed by atoms with van der Waals surface area (Å²) in [6.07, 6.45) is 1.13. The molecule has 0 fully saturated rings. The highest BCUT2D eigenvalue weighted by molar-refractivity contribution is 7.08. The summed E-state index contributed by atoms with van der Waals surface area (Å²) in [5, 5.41) is 12.4. The molecule has 0 saturated carbocycles. The largest absolute Gasteiger partial charge is 0.305 e. The summed E-state index contributed by atoms with van der Waals surface area (Å²) in [7, 11) is 1.99. The molecule has 1 unspecified atom stereocenters. The Bertz CT molecular complexity index is 439. The number of aromatic nitrogens is 2. The molecule has 4 heteroatoms. The maximum atomic E-state index is 4.58. The average Bonchev–Trinajstić information content (AvgIpc) is 2.92. The van der Waals surface area contributed by atoms with Crippen molar-refractivity contribution in [3.63, 3.8) is 0 Å². The van der Waals surface area contributed by atoms with Gasteiger partial charge in [-0.25, -0.2) is 0 Å². The average molecular weight is 249 g/mol. The fraction of sp³-hybridized carbons (Fsp3) is 0.462. The van der Waals surface area contributed by atoms with Crippen LogP contribution in [0.4, 0.5) is 0 Å². The van der Waals surface area contributed by atoms with E-state index in [1.165, 1.54) is 11.3 Å². The molecular weight excluding hydrogens is 230 g/mol. The Labute approximate surface area is 106 Å². The number of hydrogen-bond donors (Lipinski definition) is 1. The number of nitrogens with zero attached hydrogens (tertiary/aromatic N) is 2. The summed E-state index contributed by atoms with van der Waals surface area (Å²) in [5.41, 5.74) is 3.61. The molecule has 17 heavy (non-hydrogen) atoms. The normalized spacial score (nSPS) is 12.9. The smallest absolute Gasteiger partial charge is 0.0842 e. The number of hydrogen-bond acceptors (Lipinski definition) is 3. The van der Waals surface area contributed by atoms with Gasteiger partial charge in [0.2, 0.25) is 0 Å². The second kappa shape index (κ2) is 5.47. The first-order valence-electron chi connectivity index (χ1n) is 5.98. The molecule has 2 aromatic rings. The standard InChI is InChI=1S/C13H19N3S/c1-4-6-14-13(11-5-7-17-9-11)12-8-10(2)16(3)15-12/h5,7-9,13-14H,4,6H2,1-3H3. The Balaban J connectivity index is 2.26. The minimum absolute atomic E-state index is 0.223. The Morgan fingerprint density at radius 3 is 2.88 bits per heavy atom. The van der Waals surface area contributed by atoms with Crippen LogP contribution in [-0.2, 0) is 7.05 Å². The SMILES string of the molecule is CCCNC(c1ccsc1)c1cc(C)n(C)n1. The maximum Gasteiger partial charge on any atom is 0.0842 e. The number of aryl methyl sites for hydroxylation is 2. The zero-order chi connectivity index (χ0) is 12.3. The quantitative estimate of drug-likeness (QED) is 0.883. The fourth-order valence-corrected chi connectivity index (χ4v) is 2.54. The van der Waals surface area contributed by atoms with Gasteiger partial charge in [-0.15, -0.1) is 0 Å². The fourth-order valence-electron chi connectivity index (χ4n) is 1.85. The Morgan fingerprint density at radius 1 is 1.53 bits per heavy atom. The molecule has 0 aliphatic rings. The highest BCUT2D eigenvalue weighted by Crippen LogP contribution is 2.23. The van der Waals surface area contributed by atoms with Gasteiger partial charge >= 0.3 is 0 Å². The van der Waals surface area contributed by atoms with Gasteiger partial charge in [-0.2, -0.15) is 16.4 Å². The predicted molar refractivity (Wildman–Crippen MR) is 72.4 cm³/mol. The van der Waals surface area contributed by atoms with Crippen molar-refractivity contribution in [3.05, 3.63) is 39.8 Å². The van der Waals surface area contributed by atoms with Crippen LogP contribution >= 0.6 is 11.3 Å². The molecule has 2 heterocycles. The minimum atomic E-state index is 0.223. The van der Waals surface area contributed by atoms with Crippen molar-refractivity contribution in [2.75, 3.05) is 6.54 Å². The predicted octanol–water partition coefficient (Wildman–Crippen LogP) is 2.88. The van der Waals surface area contributed by atoms with E-state index in [1.54, 1.807) is 11.3 Å². The molecule has 0 aliphatic carbocycles. The molecule has 0 bridgehead atoms. The highest BCUT2D eigenvalue weighted by Gasteiger charge is 2.17. The summed E-state index contributed by atoms with van der Waals surface area (Å²) < 4.78 is 1.93. The van der Waals surface area contributed by atoms with E-state index in [0.717, 1.165) is 18.7 Å². The molecule has 3 nitrogen and oxygen atoms in total. The van der Waals surface area contributed by atoms with Crippen LogP contribution in [0.5, 0.6) is 0 Å². The van der Waals surface area contributed by atoms with E-state index in [0.29, 0.717) is 0 Å². The van der Waals surface area contributed by atoms with Crippen LogP contribution in [0.3, 0.4) is 0 Å². The third kappa shape index (κ3) is 2.76. The van der Waals surface area contributed by atoms with E-state index in [4.69, 9.17) is 0 Å². The van der Waals surface area contributed by atoms with E-state index in [2.05, 4.69) is 47.2 Å². The van der Waals surface area contributed by atoms with Crippen LogP contribution in [0.1, 0.15) is 36.3 Å². The van der Waals surface area contributed by atoms with Gasteiger partial charge in [-0.1, -0.05) is 6.92 Å². The van der Waals surface area contributed by atoms with Crippen LogP contribution in [0.15, 0.2) is 22.9 Å². The molecule has 0 aromatic carbocycles. The summed E-state index contributed by atoms with van der Waals surface area (Å²) in [6.45, 7) is 5.28. The van der Waals surface area contributed by atoms with Gasteiger partial charge in [0.1, 0.15) is 0 Å². The molecule has 0 saturated heterocycles. The molecule has 2 rings (SSSR count). The molecule has 0 amide bonds. The van der Waals surface area contributed by atoms with Crippen molar-refractivity contribution in [1.29, 1.82) is 0 Å². The van der Waals surface area contributed by atoms with E-state index < -0.39 is 0 Å². The highest BCUT2D eigenvalue weighted by atomic mass is 32.1. The third-order valence-corrected chi connectivity index (χ3v) is 3.60. The first-order valence-corrected chi connectivity index (χ1v) is 6.92. The van der Waals surface area contributed by atoms with Crippen molar-refractivity contribution in [2.45, 2.75) is 26.3 Å². The van der Waals surface area contributed by atoms with Gasteiger partial charge in [0, 0.05) is 12.7 Å². The zero-order valence-corrected chi connectivity index (χ0v) is 11.4. The Kier molecular flexibility index (Phi) is 3.97. The molecule has 1 N–H and O–H groups in total. The van der Waals surface area contributed by atoms with Crippen LogP contribution in [0, 0.1) is 6.92 Å². The van der Waals surface area contributed by atoms with E-state index in [1.807, 2.05) is 11.7 Å². The molecule has 2 aromatic heterocycles. The Hall–Kier alpha value is -1.13. The summed E-state index contributed by atoms with van der Waals surface area (Å²) in [4.78, 5) is 0. The summed E-state index contributed by atoms with van der Waals surface area (Å²) >= 11 is 1.73. The molecule has 92 valence electrons. The van der Waals surface area contributed by atoms with E-state index >= 15 is 0 Å². The number of thiophene rings is 1. The molecule has 1 atom stereocenters. The number of nitrogens with one attached hydrogen (secondary N) is 1. The lowest BCUT2D eigenvalue weighted by atomic mass is 10.1. The summed E-state index contributed by atoms with van der Waals surface area (Å²) in [6, 6.07) is 4.55. The lowest BCUT2D eigenvalue weighted by molar-refractivity contribution is 0.576. The van der Waals surface area contributed by atoms with Gasteiger partial charge in [0.25, 0.3) is 0 Å². The third-order valence-electron chi connectivity index (χ3n) is 2.90. The van der Waals surface area contributed by atoms with Crippen molar-refractivity contribution >= 4 is 11.3 Å². The summed E-state index contributed by atoms with van der Waals surface area (Å²) in [5.74, 6) is 0. The lowest BCUT2D eigenvalue weighted by Crippen LogP contribution is -2.23. The second-order valence-corrected chi connectivity index (χ2v) is 5.06. The first kappa shape index (κ1) is 12.3. The molecule has 0 spiro atoms. The first-order chi connectivity index (χ1) is 8.22. The second-order valence-electron chi connectivity index (χ2n) is 4.28. The van der Waals surface area contributed by atoms with E-state index in [9.17, 15) is 0 Å². The van der Waals surface area contributed by atoms with Crippen molar-refractivity contribution in [2.24, 2.45) is 7.05 Å². The maximum absolute atomic E-state index is 4.58. The van der Waals surface area contributed by atoms with Gasteiger partial charge in [-0.3, -0.25) is 4.68 Å². The van der Waals surface area contributed by atoms with Crippen molar-refractivity contribution in [1.82, 2.24) is 15.1 Å². The lowest BCUT2D eigenvalue weighted by Gasteiger charge is -2.15. The minimum Gasteiger partial charge on any atom is -0.305 e. The zero-order valence-electron chi connectivity index (χ0n) is 10.6. The molecule has 0 aliphatic heterocycles. The van der Waals surface area contributed by atoms with Gasteiger partial charge < -0.3 is 5.32 Å². The van der Waals surface area contributed by atoms with Gasteiger partial charge in [0.15, 0.2) is 0 Å². The van der Waals surface area contributed by atoms with Crippen LogP contribution in [0.25, 0.3) is 0 Å². The van der Waals surface area contributed by atoms with Crippen molar-refractivity contribution in [3.8, 4) is 0 Å². The molecule has 0 radical (unpaired) electrons. The van der Waals surface area contributed by atoms with Crippen LogP contribution in [-0.4, -0.2) is 16.3 Å². The van der Waals surface area contributed by atoms with Crippen LogP contribution in [0.2, 0.25) is 0 Å². The Morgan fingerprint density at radius 2 is 2.35 bits per heavy atom. The van der Waals surface area contributed by atoms with Crippen LogP contribution < -0.4 is 5.32 Å². The van der Waals surface area contributed by atoms with Gasteiger partial charge in [0.05, 0.1) is 11.7 Å². The van der Waals surface area contributed by atoms with Crippen molar-refractivity contribution < 1.29 is 0 Å². The van der Waals surface area contributed by atoms with Gasteiger partial charge in [-0.05, 0) is 48.3 Å².